The van der Waals surface area contributed by atoms with E-state index in [0.29, 0.717) is 12.0 Å². The van der Waals surface area contributed by atoms with Crippen molar-refractivity contribution in [3.8, 4) is 0 Å². The Hall–Kier alpha value is -0.550. The van der Waals surface area contributed by atoms with Crippen molar-refractivity contribution in [1.82, 2.24) is 10.3 Å². The zero-order valence-corrected chi connectivity index (χ0v) is 12.2. The molecule has 1 aromatic rings. The van der Waals surface area contributed by atoms with E-state index in [-0.39, 0.29) is 0 Å². The lowest BCUT2D eigenvalue weighted by molar-refractivity contribution is 0.503. The van der Waals surface area contributed by atoms with Crippen LogP contribution in [-0.2, 0) is 6.42 Å². The minimum Gasteiger partial charge on any atom is -0.361 e. The van der Waals surface area contributed by atoms with Gasteiger partial charge in [-0.2, -0.15) is 0 Å². The molecule has 5 heteroatoms. The van der Waals surface area contributed by atoms with Gasteiger partial charge >= 0.3 is 0 Å². The largest absolute Gasteiger partial charge is 0.361 e. The summed E-state index contributed by atoms with van der Waals surface area (Å²) in [5.41, 5.74) is 1.12. The number of rotatable bonds is 4. The predicted molar refractivity (Wildman–Crippen MR) is 77.1 cm³/mol. The molecule has 1 N–H and O–H groups in total. The number of aryl methyl sites for hydroxylation is 1. The lowest BCUT2D eigenvalue weighted by Gasteiger charge is -2.12. The van der Waals surface area contributed by atoms with Crippen LogP contribution in [0, 0.1) is 12.8 Å². The maximum absolute atomic E-state index is 4.60. The van der Waals surface area contributed by atoms with E-state index in [1.807, 2.05) is 18.7 Å². The molecule has 17 heavy (non-hydrogen) atoms. The lowest BCUT2D eigenvalue weighted by atomic mass is 10.1. The minimum absolute atomic E-state index is 0.584. The highest BCUT2D eigenvalue weighted by Crippen LogP contribution is 2.19. The van der Waals surface area contributed by atoms with Crippen LogP contribution < -0.4 is 5.32 Å². The summed E-state index contributed by atoms with van der Waals surface area (Å²) in [6, 6.07) is 0.584. The number of amidine groups is 1. The number of aliphatic imine (C=N–C) groups is 1. The zero-order chi connectivity index (χ0) is 12.3. The molecule has 94 valence electrons. The SMILES string of the molecule is Cc1csc(CCN=C2N[C@@H](C(C)C)CS2)n1. The van der Waals surface area contributed by atoms with Crippen LogP contribution in [0.15, 0.2) is 10.4 Å². The molecular formula is C12H19N3S2. The van der Waals surface area contributed by atoms with E-state index >= 15 is 0 Å². The Morgan fingerprint density at radius 2 is 2.41 bits per heavy atom. The topological polar surface area (TPSA) is 37.3 Å². The van der Waals surface area contributed by atoms with Crippen molar-refractivity contribution in [2.45, 2.75) is 33.2 Å². The molecular weight excluding hydrogens is 250 g/mol. The third kappa shape index (κ3) is 3.71. The summed E-state index contributed by atoms with van der Waals surface area (Å²) in [6.45, 7) is 7.37. The first-order valence-electron chi connectivity index (χ1n) is 6.00. The Morgan fingerprint density at radius 3 is 3.00 bits per heavy atom. The standard InChI is InChI=1S/C12H19N3S2/c1-8(2)10-7-17-12(15-10)13-5-4-11-14-9(3)6-16-11/h6,8,10H,4-5,7H2,1-3H3,(H,13,15)/t10-/m1/s1. The molecule has 0 aliphatic carbocycles. The molecule has 0 radical (unpaired) electrons. The summed E-state index contributed by atoms with van der Waals surface area (Å²) >= 11 is 3.57. The Labute approximate surface area is 111 Å². The first-order chi connectivity index (χ1) is 8.15. The third-order valence-electron chi connectivity index (χ3n) is 2.76. The van der Waals surface area contributed by atoms with E-state index in [2.05, 4.69) is 34.5 Å². The molecule has 0 saturated carbocycles. The summed E-state index contributed by atoms with van der Waals surface area (Å²) < 4.78 is 0. The predicted octanol–water partition coefficient (Wildman–Crippen LogP) is 2.71. The third-order valence-corrected chi connectivity index (χ3v) is 4.83. The van der Waals surface area contributed by atoms with Crippen LogP contribution in [0.3, 0.4) is 0 Å². The van der Waals surface area contributed by atoms with Gasteiger partial charge in [0.25, 0.3) is 0 Å². The van der Waals surface area contributed by atoms with Crippen LogP contribution in [-0.4, -0.2) is 28.5 Å². The molecule has 0 aromatic carbocycles. The van der Waals surface area contributed by atoms with Crippen LogP contribution in [0.25, 0.3) is 0 Å². The highest BCUT2D eigenvalue weighted by molar-refractivity contribution is 8.14. The maximum Gasteiger partial charge on any atom is 0.156 e. The van der Waals surface area contributed by atoms with E-state index in [0.717, 1.165) is 29.6 Å². The normalized spacial score (nSPS) is 22.4. The number of hydrogen-bond donors (Lipinski definition) is 1. The highest BCUT2D eigenvalue weighted by Gasteiger charge is 2.22. The van der Waals surface area contributed by atoms with Crippen molar-refractivity contribution in [3.05, 3.63) is 16.1 Å². The monoisotopic (exact) mass is 269 g/mol. The van der Waals surface area contributed by atoms with Crippen LogP contribution >= 0.6 is 23.1 Å². The number of nitrogens with zero attached hydrogens (tertiary/aromatic N) is 2. The first kappa shape index (κ1) is 12.9. The van der Waals surface area contributed by atoms with Crippen molar-refractivity contribution < 1.29 is 0 Å². The van der Waals surface area contributed by atoms with Gasteiger partial charge in [-0.25, -0.2) is 4.98 Å². The average molecular weight is 269 g/mol. The molecule has 2 rings (SSSR count). The molecule has 0 amide bonds. The summed E-state index contributed by atoms with van der Waals surface area (Å²) in [5.74, 6) is 1.82. The van der Waals surface area contributed by atoms with Crippen molar-refractivity contribution in [1.29, 1.82) is 0 Å². The number of thioether (sulfide) groups is 1. The molecule has 2 heterocycles. The van der Waals surface area contributed by atoms with Crippen LogP contribution in [0.1, 0.15) is 24.5 Å². The highest BCUT2D eigenvalue weighted by atomic mass is 32.2. The van der Waals surface area contributed by atoms with Gasteiger partial charge in [0.05, 0.1) is 5.01 Å². The van der Waals surface area contributed by atoms with Gasteiger partial charge in [-0.15, -0.1) is 11.3 Å². The van der Waals surface area contributed by atoms with Gasteiger partial charge in [-0.3, -0.25) is 4.99 Å². The van der Waals surface area contributed by atoms with E-state index in [4.69, 9.17) is 0 Å². The van der Waals surface area contributed by atoms with Crippen molar-refractivity contribution in [2.24, 2.45) is 10.9 Å². The number of aromatic nitrogens is 1. The number of nitrogens with one attached hydrogen (secondary N) is 1. The van der Waals surface area contributed by atoms with Gasteiger partial charge in [0, 0.05) is 35.8 Å². The Balaban J connectivity index is 1.78. The number of hydrogen-bond acceptors (Lipinski definition) is 4. The van der Waals surface area contributed by atoms with Crippen molar-refractivity contribution in [2.75, 3.05) is 12.3 Å². The maximum atomic E-state index is 4.60. The summed E-state index contributed by atoms with van der Waals surface area (Å²) in [6.07, 6.45) is 0.955. The second-order valence-corrected chi connectivity index (χ2v) is 6.58. The van der Waals surface area contributed by atoms with Crippen LogP contribution in [0.5, 0.6) is 0 Å². The van der Waals surface area contributed by atoms with E-state index in [9.17, 15) is 0 Å². The summed E-state index contributed by atoms with van der Waals surface area (Å²) in [5, 5.41) is 7.87. The summed E-state index contributed by atoms with van der Waals surface area (Å²) in [7, 11) is 0. The van der Waals surface area contributed by atoms with Gasteiger partial charge in [-0.05, 0) is 12.8 Å². The Bertz CT molecular complexity index is 398. The second kappa shape index (κ2) is 5.87. The fourth-order valence-electron chi connectivity index (χ4n) is 1.63. The molecule has 0 spiro atoms. The molecule has 1 aromatic heterocycles. The molecule has 1 fully saturated rings. The molecule has 1 saturated heterocycles. The van der Waals surface area contributed by atoms with Crippen LogP contribution in [0.4, 0.5) is 0 Å². The second-order valence-electron chi connectivity index (χ2n) is 4.63. The number of thiazole rings is 1. The molecule has 3 nitrogen and oxygen atoms in total. The van der Waals surface area contributed by atoms with Crippen molar-refractivity contribution in [3.63, 3.8) is 0 Å². The molecule has 1 aliphatic heterocycles. The minimum atomic E-state index is 0.584. The molecule has 0 unspecified atom stereocenters. The van der Waals surface area contributed by atoms with Gasteiger partial charge in [0.15, 0.2) is 5.17 Å². The summed E-state index contributed by atoms with van der Waals surface area (Å²) in [4.78, 5) is 9.04. The fourth-order valence-corrected chi connectivity index (χ4v) is 3.62. The van der Waals surface area contributed by atoms with Gasteiger partial charge in [-0.1, -0.05) is 25.6 Å². The Morgan fingerprint density at radius 1 is 1.59 bits per heavy atom. The van der Waals surface area contributed by atoms with Gasteiger partial charge in [0.2, 0.25) is 0 Å². The molecule has 1 aliphatic rings. The molecule has 0 bridgehead atoms. The first-order valence-corrected chi connectivity index (χ1v) is 7.86. The molecule has 1 atom stereocenters. The van der Waals surface area contributed by atoms with E-state index < -0.39 is 0 Å². The van der Waals surface area contributed by atoms with Crippen LogP contribution in [0.2, 0.25) is 0 Å². The Kier molecular flexibility index (Phi) is 4.45. The van der Waals surface area contributed by atoms with Crippen molar-refractivity contribution >= 4 is 28.3 Å². The van der Waals surface area contributed by atoms with E-state index in [1.165, 1.54) is 5.01 Å². The average Bonchev–Trinajstić information content (AvgIpc) is 2.88. The van der Waals surface area contributed by atoms with Gasteiger partial charge in [0.1, 0.15) is 0 Å². The fraction of sp³-hybridized carbons (Fsp3) is 0.667. The zero-order valence-electron chi connectivity index (χ0n) is 10.6. The smallest absolute Gasteiger partial charge is 0.156 e. The quantitative estimate of drug-likeness (QED) is 0.913. The lowest BCUT2D eigenvalue weighted by Crippen LogP contribution is -2.31. The van der Waals surface area contributed by atoms with E-state index in [1.54, 1.807) is 11.3 Å². The van der Waals surface area contributed by atoms with Gasteiger partial charge < -0.3 is 5.32 Å².